The van der Waals surface area contributed by atoms with Crippen molar-refractivity contribution in [2.45, 2.75) is 11.4 Å². The standard InChI is InChI=1S/C22H18N6O5S2/c23-35(32,33)17-9-6-15(7-10-17)24-22(34)26-25-20-18-12-16(28(30)31)8-11-19(18)27(21(20)29)13-14-4-2-1-3-5-14/h1-12H,13H2,(H2,23,32,33)(H2,24,26,34). The van der Waals surface area contributed by atoms with Crippen molar-refractivity contribution < 1.29 is 18.1 Å². The molecule has 0 saturated heterocycles. The van der Waals surface area contributed by atoms with Crippen LogP contribution in [-0.2, 0) is 21.4 Å². The van der Waals surface area contributed by atoms with E-state index in [0.717, 1.165) is 5.56 Å². The molecule has 0 radical (unpaired) electrons. The topological polar surface area (TPSA) is 160 Å². The predicted octanol–water partition coefficient (Wildman–Crippen LogP) is 2.48. The van der Waals surface area contributed by atoms with Gasteiger partial charge in [0.1, 0.15) is 0 Å². The van der Waals surface area contributed by atoms with Gasteiger partial charge >= 0.3 is 0 Å². The van der Waals surface area contributed by atoms with Crippen molar-refractivity contribution in [3.05, 3.63) is 94.0 Å². The monoisotopic (exact) mass is 510 g/mol. The summed E-state index contributed by atoms with van der Waals surface area (Å²) in [5.41, 5.74) is 4.47. The molecule has 0 atom stereocenters. The molecule has 1 aliphatic rings. The molecule has 1 amide bonds. The van der Waals surface area contributed by atoms with Crippen molar-refractivity contribution in [3.8, 4) is 0 Å². The van der Waals surface area contributed by atoms with Gasteiger partial charge < -0.3 is 10.2 Å². The zero-order valence-corrected chi connectivity index (χ0v) is 19.5. The van der Waals surface area contributed by atoms with Gasteiger partial charge in [0.15, 0.2) is 10.8 Å². The third-order valence-corrected chi connectivity index (χ3v) is 6.20. The molecule has 0 aromatic heterocycles. The van der Waals surface area contributed by atoms with E-state index in [4.69, 9.17) is 17.4 Å². The highest BCUT2D eigenvalue weighted by atomic mass is 32.2. The fourth-order valence-electron chi connectivity index (χ4n) is 3.44. The van der Waals surface area contributed by atoms with Gasteiger partial charge in [-0.25, -0.2) is 13.6 Å². The highest BCUT2D eigenvalue weighted by Gasteiger charge is 2.35. The lowest BCUT2D eigenvalue weighted by molar-refractivity contribution is -0.384. The fraction of sp³-hybridized carbons (Fsp3) is 0.0455. The van der Waals surface area contributed by atoms with E-state index in [0.29, 0.717) is 16.9 Å². The lowest BCUT2D eigenvalue weighted by atomic mass is 10.1. The number of benzene rings is 3. The molecule has 13 heteroatoms. The molecular weight excluding hydrogens is 492 g/mol. The van der Waals surface area contributed by atoms with Crippen LogP contribution in [0.5, 0.6) is 0 Å². The summed E-state index contributed by atoms with van der Waals surface area (Å²) in [7, 11) is -3.83. The SMILES string of the molecule is NS(=O)(=O)c1ccc(NC(=S)NN=C2C(=O)N(Cc3ccccc3)c3ccc([N+](=O)[O-])cc32)cc1. The lowest BCUT2D eigenvalue weighted by Crippen LogP contribution is -2.32. The van der Waals surface area contributed by atoms with E-state index in [9.17, 15) is 23.3 Å². The summed E-state index contributed by atoms with van der Waals surface area (Å²) in [6.45, 7) is 0.253. The van der Waals surface area contributed by atoms with Gasteiger partial charge in [0.05, 0.1) is 22.1 Å². The molecule has 1 aliphatic heterocycles. The number of primary sulfonamides is 1. The lowest BCUT2D eigenvalue weighted by Gasteiger charge is -2.16. The summed E-state index contributed by atoms with van der Waals surface area (Å²) in [6, 6.07) is 19.0. The number of hydrogen-bond acceptors (Lipinski definition) is 7. The molecule has 0 fully saturated rings. The maximum atomic E-state index is 13.2. The van der Waals surface area contributed by atoms with Crippen LogP contribution < -0.4 is 20.8 Å². The van der Waals surface area contributed by atoms with Crippen molar-refractivity contribution in [2.75, 3.05) is 10.2 Å². The van der Waals surface area contributed by atoms with Crippen molar-refractivity contribution in [2.24, 2.45) is 10.2 Å². The molecule has 178 valence electrons. The molecule has 0 aliphatic carbocycles. The predicted molar refractivity (Wildman–Crippen MR) is 134 cm³/mol. The van der Waals surface area contributed by atoms with E-state index in [1.165, 1.54) is 47.4 Å². The van der Waals surface area contributed by atoms with Crippen molar-refractivity contribution in [3.63, 3.8) is 0 Å². The van der Waals surface area contributed by atoms with Crippen molar-refractivity contribution in [1.82, 2.24) is 5.43 Å². The average molecular weight is 511 g/mol. The number of nitro benzene ring substituents is 1. The Labute approximate surface area is 205 Å². The third-order valence-electron chi connectivity index (χ3n) is 5.08. The number of fused-ring (bicyclic) bond motifs is 1. The second kappa shape index (κ2) is 9.58. The molecule has 1 heterocycles. The van der Waals surface area contributed by atoms with E-state index in [1.54, 1.807) is 0 Å². The Balaban J connectivity index is 1.57. The average Bonchev–Trinajstić information content (AvgIpc) is 3.08. The molecule has 4 N–H and O–H groups in total. The first-order valence-electron chi connectivity index (χ1n) is 10.1. The summed E-state index contributed by atoms with van der Waals surface area (Å²) >= 11 is 5.21. The van der Waals surface area contributed by atoms with Crippen LogP contribution in [0, 0.1) is 10.1 Å². The molecule has 3 aromatic rings. The summed E-state index contributed by atoms with van der Waals surface area (Å²) in [4.78, 5) is 25.4. The number of amides is 1. The van der Waals surface area contributed by atoms with E-state index >= 15 is 0 Å². The van der Waals surface area contributed by atoms with Gasteiger partial charge in [-0.05, 0) is 48.1 Å². The van der Waals surface area contributed by atoms with Crippen LogP contribution in [0.25, 0.3) is 0 Å². The molecule has 0 bridgehead atoms. The first-order chi connectivity index (χ1) is 16.6. The molecular formula is C22H18N6O5S2. The summed E-state index contributed by atoms with van der Waals surface area (Å²) < 4.78 is 22.8. The number of hydrogen-bond donors (Lipinski definition) is 3. The Morgan fingerprint density at radius 2 is 1.77 bits per heavy atom. The van der Waals surface area contributed by atoms with E-state index in [-0.39, 0.29) is 28.0 Å². The van der Waals surface area contributed by atoms with Crippen LogP contribution in [0.1, 0.15) is 11.1 Å². The van der Waals surface area contributed by atoms with Gasteiger partial charge in [-0.2, -0.15) is 5.10 Å². The number of non-ortho nitro benzene ring substituents is 1. The zero-order valence-electron chi connectivity index (χ0n) is 17.9. The Bertz CT molecular complexity index is 1460. The smallest absolute Gasteiger partial charge is 0.279 e. The van der Waals surface area contributed by atoms with Gasteiger partial charge in [0, 0.05) is 23.4 Å². The number of carbonyl (C=O) groups excluding carboxylic acids is 1. The van der Waals surface area contributed by atoms with E-state index < -0.39 is 20.9 Å². The van der Waals surface area contributed by atoms with Gasteiger partial charge in [-0.1, -0.05) is 30.3 Å². The molecule has 0 saturated carbocycles. The highest BCUT2D eigenvalue weighted by molar-refractivity contribution is 7.89. The first-order valence-corrected chi connectivity index (χ1v) is 12.0. The fourth-order valence-corrected chi connectivity index (χ4v) is 4.12. The Kier molecular flexibility index (Phi) is 6.55. The van der Waals surface area contributed by atoms with E-state index in [1.807, 2.05) is 30.3 Å². The zero-order chi connectivity index (χ0) is 25.2. The number of carbonyl (C=O) groups is 1. The van der Waals surface area contributed by atoms with Gasteiger partial charge in [0.2, 0.25) is 10.0 Å². The quantitative estimate of drug-likeness (QED) is 0.259. The van der Waals surface area contributed by atoms with E-state index in [2.05, 4.69) is 15.8 Å². The minimum Gasteiger partial charge on any atom is -0.331 e. The number of nitrogens with one attached hydrogen (secondary N) is 2. The van der Waals surface area contributed by atoms with Crippen LogP contribution in [0.4, 0.5) is 17.1 Å². The summed E-state index contributed by atoms with van der Waals surface area (Å²) in [6.07, 6.45) is 0. The largest absolute Gasteiger partial charge is 0.331 e. The van der Waals surface area contributed by atoms with Gasteiger partial charge in [0.25, 0.3) is 11.6 Å². The molecule has 0 spiro atoms. The Morgan fingerprint density at radius 3 is 2.40 bits per heavy atom. The maximum Gasteiger partial charge on any atom is 0.279 e. The minimum absolute atomic E-state index is 0.0159. The number of thiocarbonyl (C=S) groups is 1. The number of nitro groups is 1. The Hall–Kier alpha value is -4.20. The minimum atomic E-state index is -3.83. The molecule has 4 rings (SSSR count). The van der Waals surface area contributed by atoms with Gasteiger partial charge in [-0.3, -0.25) is 20.3 Å². The van der Waals surface area contributed by atoms with Crippen LogP contribution in [0.15, 0.2) is 82.8 Å². The maximum absolute atomic E-state index is 13.2. The third kappa shape index (κ3) is 5.32. The first kappa shape index (κ1) is 23.9. The second-order valence-corrected chi connectivity index (χ2v) is 9.40. The second-order valence-electron chi connectivity index (χ2n) is 7.43. The number of anilines is 2. The van der Waals surface area contributed by atoms with Crippen LogP contribution in [0.2, 0.25) is 0 Å². The summed E-state index contributed by atoms with van der Waals surface area (Å²) in [5, 5.41) is 23.3. The number of rotatable bonds is 6. The Morgan fingerprint density at radius 1 is 1.09 bits per heavy atom. The van der Waals surface area contributed by atoms with Crippen molar-refractivity contribution in [1.29, 1.82) is 0 Å². The normalized spacial score (nSPS) is 14.0. The van der Waals surface area contributed by atoms with Crippen molar-refractivity contribution >= 4 is 56.0 Å². The van der Waals surface area contributed by atoms with Gasteiger partial charge in [-0.15, -0.1) is 0 Å². The van der Waals surface area contributed by atoms with Crippen LogP contribution in [0.3, 0.4) is 0 Å². The number of nitrogens with two attached hydrogens (primary N) is 1. The number of nitrogens with zero attached hydrogens (tertiary/aromatic N) is 3. The number of sulfonamides is 1. The highest BCUT2D eigenvalue weighted by Crippen LogP contribution is 2.33. The molecule has 35 heavy (non-hydrogen) atoms. The van der Waals surface area contributed by atoms with Crippen LogP contribution in [-0.4, -0.2) is 30.1 Å². The molecule has 0 unspecified atom stereocenters. The summed E-state index contributed by atoms with van der Waals surface area (Å²) in [5.74, 6) is -0.447. The molecule has 3 aromatic carbocycles. The van der Waals surface area contributed by atoms with Crippen LogP contribution >= 0.6 is 12.2 Å². The number of hydrazone groups is 1. The molecule has 11 nitrogen and oxygen atoms in total.